The van der Waals surface area contributed by atoms with Gasteiger partial charge in [0.05, 0.1) is 0 Å². The summed E-state index contributed by atoms with van der Waals surface area (Å²) in [6, 6.07) is 11.3. The van der Waals surface area contributed by atoms with E-state index in [1.54, 1.807) is 45.0 Å². The lowest BCUT2D eigenvalue weighted by Gasteiger charge is -2.28. The molecule has 0 aliphatic rings. The van der Waals surface area contributed by atoms with Gasteiger partial charge in [-0.2, -0.15) is 0 Å². The van der Waals surface area contributed by atoms with Crippen molar-refractivity contribution >= 4 is 11.9 Å². The first-order valence-corrected chi connectivity index (χ1v) is 8.00. The van der Waals surface area contributed by atoms with Crippen LogP contribution in [0.25, 0.3) is 0 Å². The van der Waals surface area contributed by atoms with E-state index in [0.29, 0.717) is 5.56 Å². The summed E-state index contributed by atoms with van der Waals surface area (Å²) in [5, 5.41) is 12.0. The van der Waals surface area contributed by atoms with Crippen LogP contribution in [0, 0.1) is 6.92 Å². The van der Waals surface area contributed by atoms with Crippen molar-refractivity contribution in [1.29, 1.82) is 0 Å². The average molecular weight is 342 g/mol. The van der Waals surface area contributed by atoms with Gasteiger partial charge in [0.1, 0.15) is 11.6 Å². The molecular weight excluding hydrogens is 320 g/mol. The van der Waals surface area contributed by atoms with E-state index in [2.05, 4.69) is 5.32 Å². The van der Waals surface area contributed by atoms with Crippen molar-refractivity contribution in [2.24, 2.45) is 0 Å². The Kier molecular flexibility index (Phi) is 5.41. The van der Waals surface area contributed by atoms with Gasteiger partial charge in [0.2, 0.25) is 5.91 Å². The smallest absolute Gasteiger partial charge is 0.326 e. The number of benzene rings is 1. The molecule has 2 N–H and O–H groups in total. The molecule has 0 fully saturated rings. The summed E-state index contributed by atoms with van der Waals surface area (Å²) in [4.78, 5) is 36.5. The number of carboxylic acid groups (broad SMARTS) is 1. The third-order valence-corrected chi connectivity index (χ3v) is 4.18. The minimum atomic E-state index is -1.21. The Bertz CT molecular complexity index is 825. The first-order valence-electron chi connectivity index (χ1n) is 8.00. The van der Waals surface area contributed by atoms with Crippen molar-refractivity contribution in [1.82, 2.24) is 9.88 Å². The predicted octanol–water partition coefficient (Wildman–Crippen LogP) is 1.70. The Morgan fingerprint density at radius 3 is 2.40 bits per heavy atom. The monoisotopic (exact) mass is 342 g/mol. The maximum atomic E-state index is 12.7. The van der Waals surface area contributed by atoms with Gasteiger partial charge >= 0.3 is 5.97 Å². The Balaban J connectivity index is 2.24. The molecule has 6 heteroatoms. The van der Waals surface area contributed by atoms with Gasteiger partial charge in [-0.05, 0) is 32.4 Å². The molecule has 2 rings (SSSR count). The van der Waals surface area contributed by atoms with Crippen molar-refractivity contribution in [2.45, 2.75) is 38.8 Å². The number of nitrogens with zero attached hydrogens (tertiary/aromatic N) is 1. The molecule has 1 aromatic heterocycles. The van der Waals surface area contributed by atoms with Crippen LogP contribution in [0.3, 0.4) is 0 Å². The number of pyridine rings is 1. The highest BCUT2D eigenvalue weighted by Gasteiger charge is 2.33. The fourth-order valence-corrected chi connectivity index (χ4v) is 2.54. The Hall–Kier alpha value is -2.89. The minimum absolute atomic E-state index is 0.167. The molecule has 1 unspecified atom stereocenters. The van der Waals surface area contributed by atoms with Crippen LogP contribution in [0.15, 0.2) is 53.5 Å². The topological polar surface area (TPSA) is 88.4 Å². The summed E-state index contributed by atoms with van der Waals surface area (Å²) >= 11 is 0. The zero-order valence-corrected chi connectivity index (χ0v) is 14.5. The standard InChI is InChI=1S/C19H22N2O4/c1-13-8-7-11-21(16(13)22)19(2,3)18(25)20-15(17(23)24)12-14-9-5-4-6-10-14/h4-11,15H,12H2,1-3H3,(H,20,25)(H,23,24). The first-order chi connectivity index (χ1) is 11.7. The third kappa shape index (κ3) is 4.15. The number of aliphatic carboxylic acids is 1. The van der Waals surface area contributed by atoms with Crippen LogP contribution in [-0.4, -0.2) is 27.6 Å². The van der Waals surface area contributed by atoms with Crippen molar-refractivity contribution < 1.29 is 14.7 Å². The van der Waals surface area contributed by atoms with E-state index in [1.807, 2.05) is 18.2 Å². The van der Waals surface area contributed by atoms with E-state index in [9.17, 15) is 19.5 Å². The molecule has 0 saturated heterocycles. The number of hydrogen-bond acceptors (Lipinski definition) is 3. The SMILES string of the molecule is Cc1cccn(C(C)(C)C(=O)NC(Cc2ccccc2)C(=O)O)c1=O. The van der Waals surface area contributed by atoms with Crippen molar-refractivity contribution in [3.8, 4) is 0 Å². The van der Waals surface area contributed by atoms with Crippen LogP contribution in [-0.2, 0) is 21.5 Å². The summed E-state index contributed by atoms with van der Waals surface area (Å²) in [5.41, 5.74) is -0.172. The molecule has 132 valence electrons. The van der Waals surface area contributed by atoms with E-state index < -0.39 is 23.5 Å². The highest BCUT2D eigenvalue weighted by Crippen LogP contribution is 2.14. The normalized spacial score (nSPS) is 12.4. The van der Waals surface area contributed by atoms with Gasteiger partial charge in [0, 0.05) is 18.2 Å². The minimum Gasteiger partial charge on any atom is -0.480 e. The number of nitrogens with one attached hydrogen (secondary N) is 1. The lowest BCUT2D eigenvalue weighted by atomic mass is 10.0. The molecule has 1 aromatic carbocycles. The second-order valence-electron chi connectivity index (χ2n) is 6.48. The quantitative estimate of drug-likeness (QED) is 0.836. The molecule has 0 saturated carbocycles. The predicted molar refractivity (Wildman–Crippen MR) is 94.5 cm³/mol. The lowest BCUT2D eigenvalue weighted by molar-refractivity contribution is -0.143. The molecule has 1 amide bonds. The van der Waals surface area contributed by atoms with Gasteiger partial charge in [-0.25, -0.2) is 4.79 Å². The molecule has 25 heavy (non-hydrogen) atoms. The molecule has 2 aromatic rings. The summed E-state index contributed by atoms with van der Waals surface area (Å²) in [6.07, 6.45) is 1.70. The second kappa shape index (κ2) is 7.34. The Morgan fingerprint density at radius 2 is 1.80 bits per heavy atom. The molecule has 0 spiro atoms. The molecule has 0 bridgehead atoms. The fourth-order valence-electron chi connectivity index (χ4n) is 2.54. The van der Waals surface area contributed by atoms with Crippen molar-refractivity contribution in [2.75, 3.05) is 0 Å². The number of carboxylic acids is 1. The van der Waals surface area contributed by atoms with Crippen LogP contribution >= 0.6 is 0 Å². The van der Waals surface area contributed by atoms with Gasteiger partial charge in [-0.15, -0.1) is 0 Å². The molecule has 1 heterocycles. The lowest BCUT2D eigenvalue weighted by Crippen LogP contribution is -2.53. The van der Waals surface area contributed by atoms with Crippen LogP contribution in [0.1, 0.15) is 25.0 Å². The van der Waals surface area contributed by atoms with Crippen LogP contribution in [0.4, 0.5) is 0 Å². The van der Waals surface area contributed by atoms with Crippen molar-refractivity contribution in [3.05, 3.63) is 70.1 Å². The zero-order chi connectivity index (χ0) is 18.6. The van der Waals surface area contributed by atoms with E-state index in [0.717, 1.165) is 5.56 Å². The van der Waals surface area contributed by atoms with E-state index in [1.165, 1.54) is 10.8 Å². The van der Waals surface area contributed by atoms with E-state index >= 15 is 0 Å². The van der Waals surface area contributed by atoms with Crippen molar-refractivity contribution in [3.63, 3.8) is 0 Å². The van der Waals surface area contributed by atoms with Crippen LogP contribution in [0.5, 0.6) is 0 Å². The number of rotatable bonds is 6. The van der Waals surface area contributed by atoms with Crippen LogP contribution in [0.2, 0.25) is 0 Å². The summed E-state index contributed by atoms with van der Waals surface area (Å²) in [7, 11) is 0. The van der Waals surface area contributed by atoms with E-state index in [-0.39, 0.29) is 12.0 Å². The second-order valence-corrected chi connectivity index (χ2v) is 6.48. The maximum Gasteiger partial charge on any atom is 0.326 e. The van der Waals surface area contributed by atoms with Crippen LogP contribution < -0.4 is 10.9 Å². The van der Waals surface area contributed by atoms with Gasteiger partial charge < -0.3 is 15.0 Å². The largest absolute Gasteiger partial charge is 0.480 e. The molecule has 0 aliphatic carbocycles. The number of carbonyl (C=O) groups is 2. The third-order valence-electron chi connectivity index (χ3n) is 4.18. The van der Waals surface area contributed by atoms with Gasteiger partial charge in [-0.1, -0.05) is 36.4 Å². The molecular formula is C19H22N2O4. The number of aromatic nitrogens is 1. The average Bonchev–Trinajstić information content (AvgIpc) is 2.57. The molecule has 0 aliphatic heterocycles. The number of carbonyl (C=O) groups excluding carboxylic acids is 1. The number of aryl methyl sites for hydroxylation is 1. The summed E-state index contributed by atoms with van der Waals surface area (Å²) in [5.74, 6) is -1.65. The number of hydrogen-bond donors (Lipinski definition) is 2. The maximum absolute atomic E-state index is 12.7. The van der Waals surface area contributed by atoms with Gasteiger partial charge in [0.25, 0.3) is 5.56 Å². The van der Waals surface area contributed by atoms with Gasteiger partial charge in [-0.3, -0.25) is 9.59 Å². The number of amides is 1. The highest BCUT2D eigenvalue weighted by molar-refractivity contribution is 5.88. The first kappa shape index (κ1) is 18.4. The summed E-state index contributed by atoms with van der Waals surface area (Å²) < 4.78 is 1.32. The zero-order valence-electron chi connectivity index (χ0n) is 14.5. The molecule has 6 nitrogen and oxygen atoms in total. The fraction of sp³-hybridized carbons (Fsp3) is 0.316. The van der Waals surface area contributed by atoms with E-state index in [4.69, 9.17) is 0 Å². The Labute approximate surface area is 146 Å². The Morgan fingerprint density at radius 1 is 1.16 bits per heavy atom. The van der Waals surface area contributed by atoms with Gasteiger partial charge in [0.15, 0.2) is 0 Å². The highest BCUT2D eigenvalue weighted by atomic mass is 16.4. The molecule has 1 atom stereocenters. The summed E-state index contributed by atoms with van der Waals surface area (Å²) in [6.45, 7) is 4.84. The molecule has 0 radical (unpaired) electrons.